The first-order chi connectivity index (χ1) is 9.11. The van der Waals surface area contributed by atoms with Crippen molar-refractivity contribution in [2.45, 2.75) is 25.8 Å². The number of carboxylic acids is 1. The molecule has 0 saturated heterocycles. The standard InChI is InChI=1S/C15H21NO3/c1-3-19-12-6-4-11(5-7-12)8-9-16(2)14-10-13(14)15(17)18/h4-7,13-14H,3,8-10H2,1-2H3,(H,17,18). The average molecular weight is 263 g/mol. The van der Waals surface area contributed by atoms with E-state index in [2.05, 4.69) is 17.0 Å². The molecule has 0 aromatic heterocycles. The fourth-order valence-corrected chi connectivity index (χ4v) is 2.32. The normalized spacial score (nSPS) is 21.4. The second-order valence-corrected chi connectivity index (χ2v) is 5.06. The number of rotatable bonds is 7. The maximum Gasteiger partial charge on any atom is 0.308 e. The summed E-state index contributed by atoms with van der Waals surface area (Å²) < 4.78 is 5.40. The number of carbonyl (C=O) groups is 1. The molecule has 0 radical (unpaired) electrons. The fraction of sp³-hybridized carbons (Fsp3) is 0.533. The van der Waals surface area contributed by atoms with Crippen molar-refractivity contribution in [2.75, 3.05) is 20.2 Å². The van der Waals surface area contributed by atoms with Crippen LogP contribution in [0.3, 0.4) is 0 Å². The lowest BCUT2D eigenvalue weighted by atomic mass is 10.1. The molecule has 1 fully saturated rings. The molecular weight excluding hydrogens is 242 g/mol. The maximum atomic E-state index is 10.8. The molecule has 2 atom stereocenters. The minimum atomic E-state index is -0.669. The predicted octanol–water partition coefficient (Wildman–Crippen LogP) is 2.03. The molecule has 19 heavy (non-hydrogen) atoms. The molecule has 1 aromatic carbocycles. The first-order valence-corrected chi connectivity index (χ1v) is 6.76. The van der Waals surface area contributed by atoms with E-state index in [1.54, 1.807) is 0 Å². The predicted molar refractivity (Wildman–Crippen MR) is 73.5 cm³/mol. The van der Waals surface area contributed by atoms with Crippen LogP contribution in [0.15, 0.2) is 24.3 Å². The molecule has 0 amide bonds. The van der Waals surface area contributed by atoms with Gasteiger partial charge in [0.05, 0.1) is 12.5 Å². The van der Waals surface area contributed by atoms with E-state index >= 15 is 0 Å². The van der Waals surface area contributed by atoms with Crippen LogP contribution in [-0.4, -0.2) is 42.2 Å². The van der Waals surface area contributed by atoms with Gasteiger partial charge in [0.2, 0.25) is 0 Å². The van der Waals surface area contributed by atoms with Gasteiger partial charge < -0.3 is 14.7 Å². The first kappa shape index (κ1) is 13.9. The van der Waals surface area contributed by atoms with Crippen LogP contribution in [0.5, 0.6) is 5.75 Å². The molecule has 0 spiro atoms. The zero-order chi connectivity index (χ0) is 13.8. The van der Waals surface area contributed by atoms with Gasteiger partial charge in [-0.1, -0.05) is 12.1 Å². The highest BCUT2D eigenvalue weighted by Gasteiger charge is 2.45. The Bertz CT molecular complexity index is 430. The SMILES string of the molecule is CCOc1ccc(CCN(C)C2CC2C(=O)O)cc1. The van der Waals surface area contributed by atoms with Gasteiger partial charge in [0.1, 0.15) is 5.75 Å². The summed E-state index contributed by atoms with van der Waals surface area (Å²) in [4.78, 5) is 13.0. The quantitative estimate of drug-likeness (QED) is 0.818. The van der Waals surface area contributed by atoms with Crippen LogP contribution in [0.25, 0.3) is 0 Å². The third-order valence-corrected chi connectivity index (χ3v) is 3.63. The van der Waals surface area contributed by atoms with E-state index in [-0.39, 0.29) is 12.0 Å². The average Bonchev–Trinajstić information content (AvgIpc) is 3.18. The number of benzene rings is 1. The second-order valence-electron chi connectivity index (χ2n) is 5.06. The van der Waals surface area contributed by atoms with Gasteiger partial charge in [0.15, 0.2) is 0 Å². The molecule has 1 N–H and O–H groups in total. The summed E-state index contributed by atoms with van der Waals surface area (Å²) in [7, 11) is 2.00. The highest BCUT2D eigenvalue weighted by atomic mass is 16.5. The lowest BCUT2D eigenvalue weighted by Crippen LogP contribution is -2.26. The summed E-state index contributed by atoms with van der Waals surface area (Å²) in [5, 5.41) is 8.90. The minimum absolute atomic E-state index is 0.162. The van der Waals surface area contributed by atoms with Crippen LogP contribution >= 0.6 is 0 Å². The van der Waals surface area contributed by atoms with E-state index in [9.17, 15) is 4.79 Å². The topological polar surface area (TPSA) is 49.8 Å². The van der Waals surface area contributed by atoms with Crippen LogP contribution in [0.1, 0.15) is 18.9 Å². The molecule has 2 unspecified atom stereocenters. The molecule has 0 bridgehead atoms. The summed E-state index contributed by atoms with van der Waals surface area (Å²) >= 11 is 0. The number of hydrogen-bond donors (Lipinski definition) is 1. The molecule has 0 heterocycles. The van der Waals surface area contributed by atoms with Gasteiger partial charge in [0, 0.05) is 12.6 Å². The smallest absolute Gasteiger partial charge is 0.308 e. The van der Waals surface area contributed by atoms with Crippen LogP contribution in [0, 0.1) is 5.92 Å². The van der Waals surface area contributed by atoms with Crippen molar-refractivity contribution in [1.82, 2.24) is 4.90 Å². The van der Waals surface area contributed by atoms with Gasteiger partial charge in [-0.25, -0.2) is 0 Å². The first-order valence-electron chi connectivity index (χ1n) is 6.76. The van der Waals surface area contributed by atoms with Crippen molar-refractivity contribution in [2.24, 2.45) is 5.92 Å². The van der Waals surface area contributed by atoms with Gasteiger partial charge in [-0.05, 0) is 44.5 Å². The van der Waals surface area contributed by atoms with Crippen LogP contribution in [-0.2, 0) is 11.2 Å². The molecule has 0 aliphatic heterocycles. The van der Waals surface area contributed by atoms with E-state index in [0.717, 1.165) is 25.1 Å². The third-order valence-electron chi connectivity index (χ3n) is 3.63. The summed E-state index contributed by atoms with van der Waals surface area (Å²) in [6.07, 6.45) is 1.72. The molecule has 1 aliphatic carbocycles. The number of likely N-dealkylation sites (N-methyl/N-ethyl adjacent to an activating group) is 1. The Morgan fingerprint density at radius 1 is 1.42 bits per heavy atom. The van der Waals surface area contributed by atoms with E-state index in [1.165, 1.54) is 5.56 Å². The molecule has 1 aromatic rings. The molecule has 4 heteroatoms. The summed E-state index contributed by atoms with van der Waals surface area (Å²) in [6, 6.07) is 8.33. The van der Waals surface area contributed by atoms with Crippen LogP contribution in [0.4, 0.5) is 0 Å². The highest BCUT2D eigenvalue weighted by Crippen LogP contribution is 2.35. The van der Waals surface area contributed by atoms with Gasteiger partial charge in [-0.3, -0.25) is 4.79 Å². The Labute approximate surface area is 114 Å². The van der Waals surface area contributed by atoms with Crippen molar-refractivity contribution in [3.05, 3.63) is 29.8 Å². The summed E-state index contributed by atoms with van der Waals surface area (Å²) in [5.41, 5.74) is 1.25. The zero-order valence-corrected chi connectivity index (χ0v) is 11.5. The van der Waals surface area contributed by atoms with Gasteiger partial charge >= 0.3 is 5.97 Å². The van der Waals surface area contributed by atoms with E-state index < -0.39 is 5.97 Å². The molecule has 4 nitrogen and oxygen atoms in total. The number of carboxylic acid groups (broad SMARTS) is 1. The molecule has 2 rings (SSSR count). The van der Waals surface area contributed by atoms with Gasteiger partial charge in [-0.15, -0.1) is 0 Å². The zero-order valence-electron chi connectivity index (χ0n) is 11.5. The van der Waals surface area contributed by atoms with E-state index in [4.69, 9.17) is 9.84 Å². The Balaban J connectivity index is 1.77. The number of aliphatic carboxylic acids is 1. The Morgan fingerprint density at radius 2 is 2.11 bits per heavy atom. The minimum Gasteiger partial charge on any atom is -0.494 e. The largest absolute Gasteiger partial charge is 0.494 e. The molecule has 104 valence electrons. The number of hydrogen-bond acceptors (Lipinski definition) is 3. The van der Waals surface area contributed by atoms with E-state index in [0.29, 0.717) is 6.61 Å². The Morgan fingerprint density at radius 3 is 2.63 bits per heavy atom. The number of ether oxygens (including phenoxy) is 1. The fourth-order valence-electron chi connectivity index (χ4n) is 2.32. The van der Waals surface area contributed by atoms with Crippen molar-refractivity contribution < 1.29 is 14.6 Å². The van der Waals surface area contributed by atoms with Crippen molar-refractivity contribution in [3.8, 4) is 5.75 Å². The van der Waals surface area contributed by atoms with Crippen molar-refractivity contribution >= 4 is 5.97 Å². The van der Waals surface area contributed by atoms with Gasteiger partial charge in [0.25, 0.3) is 0 Å². The Hall–Kier alpha value is -1.55. The lowest BCUT2D eigenvalue weighted by Gasteiger charge is -2.16. The van der Waals surface area contributed by atoms with Crippen LogP contribution in [0.2, 0.25) is 0 Å². The van der Waals surface area contributed by atoms with Crippen molar-refractivity contribution in [3.63, 3.8) is 0 Å². The molecule has 1 saturated carbocycles. The molecular formula is C15H21NO3. The monoisotopic (exact) mass is 263 g/mol. The summed E-state index contributed by atoms with van der Waals surface area (Å²) in [6.45, 7) is 3.54. The second kappa shape index (κ2) is 6.06. The lowest BCUT2D eigenvalue weighted by molar-refractivity contribution is -0.138. The molecule has 1 aliphatic rings. The van der Waals surface area contributed by atoms with Gasteiger partial charge in [-0.2, -0.15) is 0 Å². The van der Waals surface area contributed by atoms with Crippen molar-refractivity contribution in [1.29, 1.82) is 0 Å². The summed E-state index contributed by atoms with van der Waals surface area (Å²) in [5.74, 6) is 0.0657. The van der Waals surface area contributed by atoms with Crippen LogP contribution < -0.4 is 4.74 Å². The van der Waals surface area contributed by atoms with E-state index in [1.807, 2.05) is 26.1 Å². The maximum absolute atomic E-state index is 10.8. The Kier molecular flexibility index (Phi) is 4.43. The third kappa shape index (κ3) is 3.70. The number of nitrogens with zero attached hydrogens (tertiary/aromatic N) is 1. The highest BCUT2D eigenvalue weighted by molar-refractivity contribution is 5.74.